The molecule has 0 saturated heterocycles. The summed E-state index contributed by atoms with van der Waals surface area (Å²) in [7, 11) is -3.76. The minimum atomic E-state index is -3.76. The Morgan fingerprint density at radius 1 is 1.10 bits per heavy atom. The van der Waals surface area contributed by atoms with Crippen LogP contribution >= 0.6 is 22.6 Å². The molecular formula is C21H25IN4O2S. The maximum Gasteiger partial charge on any atom is 0.270 e. The van der Waals surface area contributed by atoms with Gasteiger partial charge in [0.05, 0.1) is 20.2 Å². The summed E-state index contributed by atoms with van der Waals surface area (Å²) in [6, 6.07) is 13.2. The van der Waals surface area contributed by atoms with Gasteiger partial charge >= 0.3 is 0 Å². The second-order valence-corrected chi connectivity index (χ2v) is 10.1. The fourth-order valence-corrected chi connectivity index (χ4v) is 5.52. The number of nitrogens with one attached hydrogen (secondary N) is 1. The van der Waals surface area contributed by atoms with Crippen LogP contribution in [0.5, 0.6) is 0 Å². The van der Waals surface area contributed by atoms with Crippen LogP contribution in [0.4, 0.5) is 0 Å². The van der Waals surface area contributed by atoms with Crippen LogP contribution in [-0.4, -0.2) is 29.5 Å². The third kappa shape index (κ3) is 5.56. The second kappa shape index (κ2) is 9.69. The van der Waals surface area contributed by atoms with E-state index in [1.54, 1.807) is 36.4 Å². The fraction of sp³-hybridized carbons (Fsp3) is 0.333. The number of fused-ring (bicyclic) bond motifs is 1. The molecule has 29 heavy (non-hydrogen) atoms. The maximum atomic E-state index is 12.9. The summed E-state index contributed by atoms with van der Waals surface area (Å²) in [4.78, 5) is 4.34. The van der Waals surface area contributed by atoms with Crippen molar-refractivity contribution in [1.82, 2.24) is 14.3 Å². The Morgan fingerprint density at radius 2 is 1.69 bits per heavy atom. The first-order valence-corrected chi connectivity index (χ1v) is 11.7. The topological polar surface area (TPSA) is 87.8 Å². The van der Waals surface area contributed by atoms with Gasteiger partial charge in [0.15, 0.2) is 5.65 Å². The van der Waals surface area contributed by atoms with Gasteiger partial charge in [0.2, 0.25) is 0 Å². The molecule has 8 heteroatoms. The molecule has 3 rings (SSSR count). The van der Waals surface area contributed by atoms with Crippen molar-refractivity contribution in [3.63, 3.8) is 0 Å². The zero-order valence-electron chi connectivity index (χ0n) is 17.1. The number of halogens is 1. The Hall–Kier alpha value is -1.96. The summed E-state index contributed by atoms with van der Waals surface area (Å²) < 4.78 is 27.4. The van der Waals surface area contributed by atoms with E-state index in [0.29, 0.717) is 26.7 Å². The molecule has 0 radical (unpaired) electrons. The third-order valence-electron chi connectivity index (χ3n) is 3.97. The zero-order valence-corrected chi connectivity index (χ0v) is 20.1. The van der Waals surface area contributed by atoms with Gasteiger partial charge in [0.1, 0.15) is 0 Å². The lowest BCUT2D eigenvalue weighted by Crippen LogP contribution is -2.29. The normalized spacial score (nSPS) is 11.4. The van der Waals surface area contributed by atoms with Crippen molar-refractivity contribution in [3.8, 4) is 6.07 Å². The van der Waals surface area contributed by atoms with E-state index < -0.39 is 10.0 Å². The number of nitrogens with zero attached hydrogens (tertiary/aromatic N) is 3. The van der Waals surface area contributed by atoms with Crippen molar-refractivity contribution in [1.29, 1.82) is 5.26 Å². The molecular weight excluding hydrogens is 499 g/mol. The molecule has 154 valence electrons. The van der Waals surface area contributed by atoms with Crippen molar-refractivity contribution in [2.24, 2.45) is 0 Å². The van der Waals surface area contributed by atoms with E-state index in [-0.39, 0.29) is 10.5 Å². The van der Waals surface area contributed by atoms with Gasteiger partial charge < -0.3 is 5.32 Å². The molecule has 0 saturated carbocycles. The molecule has 0 amide bonds. The lowest BCUT2D eigenvalue weighted by Gasteiger charge is -2.10. The average molecular weight is 524 g/mol. The van der Waals surface area contributed by atoms with Gasteiger partial charge in [-0.3, -0.25) is 0 Å². The van der Waals surface area contributed by atoms with Gasteiger partial charge in [0.25, 0.3) is 10.0 Å². The molecule has 0 spiro atoms. The SMILES string of the molecule is CC(C)NC(C)C.Cc1ccc(S(=O)(=O)n2c(I)cc3c(C#N)ccnc32)cc1. The smallest absolute Gasteiger partial charge is 0.270 e. The summed E-state index contributed by atoms with van der Waals surface area (Å²) in [6.07, 6.45) is 1.44. The molecule has 2 heterocycles. The first-order valence-electron chi connectivity index (χ1n) is 9.22. The largest absolute Gasteiger partial charge is 0.312 e. The highest BCUT2D eigenvalue weighted by molar-refractivity contribution is 14.1. The van der Waals surface area contributed by atoms with Gasteiger partial charge in [-0.05, 0) is 53.8 Å². The number of hydrogen-bond donors (Lipinski definition) is 1. The second-order valence-electron chi connectivity index (χ2n) is 7.23. The van der Waals surface area contributed by atoms with E-state index in [4.69, 9.17) is 5.26 Å². The van der Waals surface area contributed by atoms with Crippen LogP contribution in [0.2, 0.25) is 0 Å². The first-order chi connectivity index (χ1) is 13.6. The van der Waals surface area contributed by atoms with E-state index in [1.165, 1.54) is 10.2 Å². The molecule has 0 bridgehead atoms. The van der Waals surface area contributed by atoms with E-state index in [1.807, 2.05) is 29.5 Å². The zero-order chi connectivity index (χ0) is 21.8. The average Bonchev–Trinajstić information content (AvgIpc) is 2.98. The van der Waals surface area contributed by atoms with Crippen molar-refractivity contribution in [2.45, 2.75) is 51.6 Å². The highest BCUT2D eigenvalue weighted by Crippen LogP contribution is 2.27. The van der Waals surface area contributed by atoms with Gasteiger partial charge in [-0.1, -0.05) is 45.4 Å². The van der Waals surface area contributed by atoms with Crippen molar-refractivity contribution >= 4 is 43.6 Å². The number of hydrogen-bond acceptors (Lipinski definition) is 5. The van der Waals surface area contributed by atoms with Crippen LogP contribution in [0, 0.1) is 22.0 Å². The van der Waals surface area contributed by atoms with Crippen LogP contribution in [0.15, 0.2) is 47.5 Å². The lowest BCUT2D eigenvalue weighted by atomic mass is 10.2. The van der Waals surface area contributed by atoms with E-state index in [0.717, 1.165) is 5.56 Å². The minimum Gasteiger partial charge on any atom is -0.312 e. The van der Waals surface area contributed by atoms with Gasteiger partial charge in [-0.25, -0.2) is 17.4 Å². The highest BCUT2D eigenvalue weighted by Gasteiger charge is 2.23. The fourth-order valence-electron chi connectivity index (χ4n) is 2.85. The molecule has 1 aromatic carbocycles. The number of pyridine rings is 1. The van der Waals surface area contributed by atoms with E-state index in [9.17, 15) is 8.42 Å². The van der Waals surface area contributed by atoms with Crippen LogP contribution < -0.4 is 5.32 Å². The van der Waals surface area contributed by atoms with Gasteiger partial charge in [-0.2, -0.15) is 5.26 Å². The van der Waals surface area contributed by atoms with Crippen LogP contribution in [0.3, 0.4) is 0 Å². The monoisotopic (exact) mass is 524 g/mol. The van der Waals surface area contributed by atoms with Crippen molar-refractivity contribution in [2.75, 3.05) is 0 Å². The molecule has 0 fully saturated rings. The molecule has 2 aromatic heterocycles. The standard InChI is InChI=1S/C15H10IN3O2S.C6H15N/c1-10-2-4-12(5-3-10)22(20,21)19-14(16)8-13-11(9-17)6-7-18-15(13)19;1-5(2)7-6(3)4/h2-8H,1H3;5-7H,1-4H3. The van der Waals surface area contributed by atoms with Crippen LogP contribution in [0.1, 0.15) is 38.8 Å². The molecule has 3 aromatic rings. The van der Waals surface area contributed by atoms with Crippen LogP contribution in [-0.2, 0) is 10.0 Å². The summed E-state index contributed by atoms with van der Waals surface area (Å²) in [5.41, 5.74) is 1.65. The quantitative estimate of drug-likeness (QED) is 0.510. The summed E-state index contributed by atoms with van der Waals surface area (Å²) >= 11 is 1.94. The number of rotatable bonds is 4. The summed E-state index contributed by atoms with van der Waals surface area (Å²) in [6.45, 7) is 10.5. The minimum absolute atomic E-state index is 0.192. The maximum absolute atomic E-state index is 12.9. The van der Waals surface area contributed by atoms with Gasteiger partial charge in [-0.15, -0.1) is 0 Å². The lowest BCUT2D eigenvalue weighted by molar-refractivity contribution is 0.518. The molecule has 0 aliphatic carbocycles. The number of nitriles is 1. The summed E-state index contributed by atoms with van der Waals surface area (Å²) in [5, 5.41) is 13.0. The predicted octanol–water partition coefficient (Wildman–Crippen LogP) is 4.45. The molecule has 0 atom stereocenters. The summed E-state index contributed by atoms with van der Waals surface area (Å²) in [5.74, 6) is 0. The van der Waals surface area contributed by atoms with E-state index >= 15 is 0 Å². The Bertz CT molecular complexity index is 1120. The third-order valence-corrected chi connectivity index (χ3v) is 6.80. The molecule has 0 unspecified atom stereocenters. The molecule has 6 nitrogen and oxygen atoms in total. The van der Waals surface area contributed by atoms with Crippen LogP contribution in [0.25, 0.3) is 11.0 Å². The van der Waals surface area contributed by atoms with Crippen molar-refractivity contribution < 1.29 is 8.42 Å². The first kappa shape index (κ1) is 23.3. The Balaban J connectivity index is 0.000000370. The molecule has 0 aliphatic heterocycles. The van der Waals surface area contributed by atoms with Gasteiger partial charge in [0, 0.05) is 23.7 Å². The Labute approximate surface area is 186 Å². The van der Waals surface area contributed by atoms with E-state index in [2.05, 4.69) is 44.1 Å². The molecule has 1 N–H and O–H groups in total. The number of aryl methyl sites for hydroxylation is 1. The number of aromatic nitrogens is 2. The Kier molecular flexibility index (Phi) is 7.80. The van der Waals surface area contributed by atoms with Crippen molar-refractivity contribution in [3.05, 3.63) is 57.4 Å². The highest BCUT2D eigenvalue weighted by atomic mass is 127. The predicted molar refractivity (Wildman–Crippen MR) is 124 cm³/mol. The molecule has 0 aliphatic rings. The number of benzene rings is 1. The Morgan fingerprint density at radius 3 is 2.17 bits per heavy atom.